The van der Waals surface area contributed by atoms with Crippen molar-refractivity contribution in [2.45, 2.75) is 32.4 Å². The lowest BCUT2D eigenvalue weighted by Gasteiger charge is -2.21. The first-order valence-corrected chi connectivity index (χ1v) is 7.78. The maximum absolute atomic E-state index is 12.2. The SMILES string of the molecule is CC(NCc1c(Cl)ccc(Cl)c1Cl)C(=O)N1CCCC1. The molecule has 0 spiro atoms. The highest BCUT2D eigenvalue weighted by atomic mass is 35.5. The van der Waals surface area contributed by atoms with Crippen molar-refractivity contribution < 1.29 is 4.79 Å². The van der Waals surface area contributed by atoms with Crippen LogP contribution < -0.4 is 5.32 Å². The third-order valence-electron chi connectivity index (χ3n) is 3.51. The van der Waals surface area contributed by atoms with Crippen LogP contribution in [0.2, 0.25) is 15.1 Å². The van der Waals surface area contributed by atoms with Gasteiger partial charge in [0.05, 0.1) is 16.1 Å². The maximum atomic E-state index is 12.2. The summed E-state index contributed by atoms with van der Waals surface area (Å²) in [6.45, 7) is 3.97. The highest BCUT2D eigenvalue weighted by Gasteiger charge is 2.23. The van der Waals surface area contributed by atoms with E-state index in [0.717, 1.165) is 31.5 Å². The Balaban J connectivity index is 1.98. The number of halogens is 3. The van der Waals surface area contributed by atoms with Gasteiger partial charge in [-0.1, -0.05) is 34.8 Å². The molecule has 1 heterocycles. The van der Waals surface area contributed by atoms with Crippen molar-refractivity contribution in [3.63, 3.8) is 0 Å². The second kappa shape index (κ2) is 6.99. The molecule has 1 aliphatic rings. The summed E-state index contributed by atoms with van der Waals surface area (Å²) in [4.78, 5) is 14.1. The van der Waals surface area contributed by atoms with Crippen molar-refractivity contribution in [3.8, 4) is 0 Å². The van der Waals surface area contributed by atoms with Crippen molar-refractivity contribution in [1.29, 1.82) is 0 Å². The number of hydrogen-bond donors (Lipinski definition) is 1. The Kier molecular flexibility index (Phi) is 5.56. The van der Waals surface area contributed by atoms with Gasteiger partial charge in [0.25, 0.3) is 0 Å². The highest BCUT2D eigenvalue weighted by Crippen LogP contribution is 2.31. The van der Waals surface area contributed by atoms with Crippen LogP contribution in [0.5, 0.6) is 0 Å². The van der Waals surface area contributed by atoms with Crippen molar-refractivity contribution in [2.75, 3.05) is 13.1 Å². The van der Waals surface area contributed by atoms with E-state index in [1.54, 1.807) is 12.1 Å². The molecule has 110 valence electrons. The summed E-state index contributed by atoms with van der Waals surface area (Å²) in [5.74, 6) is 0.122. The third kappa shape index (κ3) is 3.59. The predicted molar refractivity (Wildman–Crippen MR) is 83.6 cm³/mol. The number of rotatable bonds is 4. The topological polar surface area (TPSA) is 32.3 Å². The molecule has 1 aliphatic heterocycles. The molecule has 0 aromatic heterocycles. The number of likely N-dealkylation sites (tertiary alicyclic amines) is 1. The van der Waals surface area contributed by atoms with Crippen molar-refractivity contribution >= 4 is 40.7 Å². The Morgan fingerprint density at radius 2 is 1.85 bits per heavy atom. The van der Waals surface area contributed by atoms with Crippen molar-refractivity contribution in [2.24, 2.45) is 0 Å². The van der Waals surface area contributed by atoms with Gasteiger partial charge in [0.15, 0.2) is 0 Å². The fourth-order valence-electron chi connectivity index (χ4n) is 2.28. The molecule has 0 aliphatic carbocycles. The van der Waals surface area contributed by atoms with Crippen molar-refractivity contribution in [1.82, 2.24) is 10.2 Å². The Morgan fingerprint density at radius 3 is 2.50 bits per heavy atom. The first-order chi connectivity index (χ1) is 9.50. The lowest BCUT2D eigenvalue weighted by molar-refractivity contribution is -0.131. The maximum Gasteiger partial charge on any atom is 0.239 e. The van der Waals surface area contributed by atoms with Crippen LogP contribution >= 0.6 is 34.8 Å². The molecule has 1 aromatic rings. The lowest BCUT2D eigenvalue weighted by atomic mass is 10.2. The molecule has 1 unspecified atom stereocenters. The zero-order chi connectivity index (χ0) is 14.7. The summed E-state index contributed by atoms with van der Waals surface area (Å²) in [5, 5.41) is 4.62. The normalized spacial score (nSPS) is 16.5. The van der Waals surface area contributed by atoms with Gasteiger partial charge < -0.3 is 10.2 Å². The summed E-state index contributed by atoms with van der Waals surface area (Å²) in [7, 11) is 0. The Morgan fingerprint density at radius 1 is 1.25 bits per heavy atom. The van der Waals surface area contributed by atoms with E-state index < -0.39 is 0 Å². The van der Waals surface area contributed by atoms with E-state index in [0.29, 0.717) is 21.6 Å². The van der Waals surface area contributed by atoms with E-state index in [-0.39, 0.29) is 11.9 Å². The van der Waals surface area contributed by atoms with E-state index in [9.17, 15) is 4.79 Å². The van der Waals surface area contributed by atoms with Gasteiger partial charge in [0.2, 0.25) is 5.91 Å². The summed E-state index contributed by atoms with van der Waals surface area (Å²) in [6.07, 6.45) is 2.18. The number of benzene rings is 1. The van der Waals surface area contributed by atoms with Gasteiger partial charge >= 0.3 is 0 Å². The molecule has 1 fully saturated rings. The summed E-state index contributed by atoms with van der Waals surface area (Å²) in [5.41, 5.74) is 0.724. The van der Waals surface area contributed by atoms with E-state index in [4.69, 9.17) is 34.8 Å². The first kappa shape index (κ1) is 15.9. The van der Waals surface area contributed by atoms with Gasteiger partial charge in [-0.25, -0.2) is 0 Å². The fraction of sp³-hybridized carbons (Fsp3) is 0.500. The second-order valence-electron chi connectivity index (χ2n) is 4.96. The minimum Gasteiger partial charge on any atom is -0.341 e. The molecule has 2 rings (SSSR count). The van der Waals surface area contributed by atoms with Gasteiger partial charge in [-0.3, -0.25) is 4.79 Å². The van der Waals surface area contributed by atoms with Crippen molar-refractivity contribution in [3.05, 3.63) is 32.8 Å². The second-order valence-corrected chi connectivity index (χ2v) is 6.15. The van der Waals surface area contributed by atoms with E-state index in [1.165, 1.54) is 0 Å². The molecule has 1 saturated heterocycles. The van der Waals surface area contributed by atoms with Gasteiger partial charge in [0.1, 0.15) is 0 Å². The molecule has 1 amide bonds. The average Bonchev–Trinajstić information content (AvgIpc) is 2.96. The largest absolute Gasteiger partial charge is 0.341 e. The van der Waals surface area contributed by atoms with Crippen LogP contribution in [-0.4, -0.2) is 29.9 Å². The predicted octanol–water partition coefficient (Wildman–Crippen LogP) is 3.75. The van der Waals surface area contributed by atoms with E-state index >= 15 is 0 Å². The van der Waals surface area contributed by atoms with Gasteiger partial charge in [-0.05, 0) is 31.9 Å². The molecule has 0 radical (unpaired) electrons. The van der Waals surface area contributed by atoms with Crippen LogP contribution in [0.25, 0.3) is 0 Å². The molecule has 0 bridgehead atoms. The molecule has 6 heteroatoms. The Labute approximate surface area is 134 Å². The molecule has 1 aromatic carbocycles. The zero-order valence-electron chi connectivity index (χ0n) is 11.3. The van der Waals surface area contributed by atoms with Crippen LogP contribution in [0.3, 0.4) is 0 Å². The molecular weight excluding hydrogens is 319 g/mol. The Bertz CT molecular complexity index is 501. The number of nitrogens with zero attached hydrogens (tertiary/aromatic N) is 1. The molecule has 1 N–H and O–H groups in total. The summed E-state index contributed by atoms with van der Waals surface area (Å²) in [6, 6.07) is 3.10. The van der Waals surface area contributed by atoms with Crippen LogP contribution in [0.4, 0.5) is 0 Å². The molecular formula is C14H17Cl3N2O. The smallest absolute Gasteiger partial charge is 0.239 e. The standard InChI is InChI=1S/C14H17Cl3N2O/c1-9(14(20)19-6-2-3-7-19)18-8-10-11(15)4-5-12(16)13(10)17/h4-5,9,18H,2-3,6-8H2,1H3. The minimum atomic E-state index is -0.265. The van der Waals surface area contributed by atoms with Crippen LogP contribution in [0.1, 0.15) is 25.3 Å². The zero-order valence-corrected chi connectivity index (χ0v) is 13.5. The number of amides is 1. The molecule has 20 heavy (non-hydrogen) atoms. The quantitative estimate of drug-likeness (QED) is 0.850. The van der Waals surface area contributed by atoms with E-state index in [2.05, 4.69) is 5.32 Å². The van der Waals surface area contributed by atoms with Crippen LogP contribution in [0, 0.1) is 0 Å². The summed E-state index contributed by atoms with van der Waals surface area (Å²) < 4.78 is 0. The van der Waals surface area contributed by atoms with Crippen LogP contribution in [-0.2, 0) is 11.3 Å². The molecule has 3 nitrogen and oxygen atoms in total. The van der Waals surface area contributed by atoms with E-state index in [1.807, 2.05) is 11.8 Å². The monoisotopic (exact) mass is 334 g/mol. The van der Waals surface area contributed by atoms with Gasteiger partial charge in [-0.15, -0.1) is 0 Å². The number of carbonyl (C=O) groups excluding carboxylic acids is 1. The number of nitrogens with one attached hydrogen (secondary N) is 1. The minimum absolute atomic E-state index is 0.122. The fourth-order valence-corrected chi connectivity index (χ4v) is 2.97. The summed E-state index contributed by atoms with van der Waals surface area (Å²) >= 11 is 18.2. The highest BCUT2D eigenvalue weighted by molar-refractivity contribution is 6.44. The Hall–Kier alpha value is -0.480. The van der Waals surface area contributed by atoms with Gasteiger partial charge in [-0.2, -0.15) is 0 Å². The third-order valence-corrected chi connectivity index (χ3v) is 4.71. The average molecular weight is 336 g/mol. The van der Waals surface area contributed by atoms with Crippen LogP contribution in [0.15, 0.2) is 12.1 Å². The number of carbonyl (C=O) groups is 1. The first-order valence-electron chi connectivity index (χ1n) is 6.65. The lowest BCUT2D eigenvalue weighted by Crippen LogP contribution is -2.43. The molecule has 1 atom stereocenters. The van der Waals surface area contributed by atoms with Gasteiger partial charge in [0, 0.05) is 30.2 Å². The molecule has 0 saturated carbocycles. The number of hydrogen-bond acceptors (Lipinski definition) is 2.